The first kappa shape index (κ1) is 13.3. The van der Waals surface area contributed by atoms with Gasteiger partial charge in [0.05, 0.1) is 5.69 Å². The van der Waals surface area contributed by atoms with E-state index in [2.05, 4.69) is 43.5 Å². The predicted molar refractivity (Wildman–Crippen MR) is 75.3 cm³/mol. The van der Waals surface area contributed by atoms with Gasteiger partial charge in [0.25, 0.3) is 0 Å². The van der Waals surface area contributed by atoms with Gasteiger partial charge in [0.1, 0.15) is 0 Å². The Morgan fingerprint density at radius 3 is 2.83 bits per heavy atom. The highest BCUT2D eigenvalue weighted by molar-refractivity contribution is 5.14. The molecular weight excluding hydrogens is 222 g/mol. The molecule has 0 saturated carbocycles. The lowest BCUT2D eigenvalue weighted by Gasteiger charge is -2.25. The second kappa shape index (κ2) is 5.70. The second-order valence-corrected chi connectivity index (χ2v) is 5.84. The summed E-state index contributed by atoms with van der Waals surface area (Å²) in [4.78, 5) is 0. The highest BCUT2D eigenvalue weighted by Crippen LogP contribution is 2.27. The summed E-state index contributed by atoms with van der Waals surface area (Å²) >= 11 is 0. The van der Waals surface area contributed by atoms with Crippen LogP contribution in [0.3, 0.4) is 0 Å². The molecule has 100 valence electrons. The van der Waals surface area contributed by atoms with Gasteiger partial charge in [0.2, 0.25) is 0 Å². The Bertz CT molecular complexity index is 431. The number of aromatic nitrogens is 2. The summed E-state index contributed by atoms with van der Waals surface area (Å²) in [6.07, 6.45) is 7.10. The normalized spacial score (nSPS) is 24.1. The Balaban J connectivity index is 1.79. The van der Waals surface area contributed by atoms with E-state index in [1.165, 1.54) is 18.4 Å². The summed E-state index contributed by atoms with van der Waals surface area (Å²) in [6, 6.07) is 0. The summed E-state index contributed by atoms with van der Waals surface area (Å²) in [5.74, 6) is 1.53. The molecule has 2 rings (SSSR count). The fraction of sp³-hybridized carbons (Fsp3) is 0.667. The predicted octanol–water partition coefficient (Wildman–Crippen LogP) is 2.81. The van der Waals surface area contributed by atoms with Crippen molar-refractivity contribution in [3.8, 4) is 0 Å². The van der Waals surface area contributed by atoms with Crippen LogP contribution in [0.5, 0.6) is 0 Å². The van der Waals surface area contributed by atoms with Gasteiger partial charge in [-0.25, -0.2) is 0 Å². The van der Waals surface area contributed by atoms with Crippen molar-refractivity contribution in [2.75, 3.05) is 6.54 Å². The van der Waals surface area contributed by atoms with Crippen molar-refractivity contribution in [3.05, 3.63) is 29.1 Å². The molecule has 0 amide bonds. The molecule has 3 nitrogen and oxygen atoms in total. The van der Waals surface area contributed by atoms with Gasteiger partial charge in [-0.3, -0.25) is 4.68 Å². The molecule has 0 aromatic carbocycles. The minimum Gasteiger partial charge on any atom is -0.312 e. The maximum absolute atomic E-state index is 4.37. The van der Waals surface area contributed by atoms with Crippen molar-refractivity contribution < 1.29 is 0 Å². The van der Waals surface area contributed by atoms with Gasteiger partial charge in [-0.2, -0.15) is 5.10 Å². The van der Waals surface area contributed by atoms with Crippen molar-refractivity contribution in [1.82, 2.24) is 15.1 Å². The minimum absolute atomic E-state index is 0.741. The Morgan fingerprint density at radius 2 is 2.22 bits per heavy atom. The minimum atomic E-state index is 0.741. The van der Waals surface area contributed by atoms with E-state index in [4.69, 9.17) is 0 Å². The van der Waals surface area contributed by atoms with Crippen molar-refractivity contribution in [3.63, 3.8) is 0 Å². The monoisotopic (exact) mass is 247 g/mol. The SMILES string of the molecule is CC1=CC(C)CC(CNCc2cn(C)nc2C)C1. The fourth-order valence-corrected chi connectivity index (χ4v) is 3.07. The maximum atomic E-state index is 4.37. The topological polar surface area (TPSA) is 29.9 Å². The summed E-state index contributed by atoms with van der Waals surface area (Å²) < 4.78 is 1.89. The van der Waals surface area contributed by atoms with Gasteiger partial charge in [0.15, 0.2) is 0 Å². The van der Waals surface area contributed by atoms with Crippen LogP contribution in [0, 0.1) is 18.8 Å². The number of hydrogen-bond acceptors (Lipinski definition) is 2. The molecule has 0 aliphatic heterocycles. The highest BCUT2D eigenvalue weighted by Gasteiger charge is 2.17. The summed E-state index contributed by atoms with van der Waals surface area (Å²) in [6.45, 7) is 8.71. The zero-order valence-electron chi connectivity index (χ0n) is 12.0. The van der Waals surface area contributed by atoms with E-state index in [1.807, 2.05) is 11.7 Å². The van der Waals surface area contributed by atoms with Crippen molar-refractivity contribution >= 4 is 0 Å². The van der Waals surface area contributed by atoms with E-state index in [0.29, 0.717) is 0 Å². The number of rotatable bonds is 4. The molecule has 1 aromatic heterocycles. The van der Waals surface area contributed by atoms with Gasteiger partial charge < -0.3 is 5.32 Å². The fourth-order valence-electron chi connectivity index (χ4n) is 3.07. The van der Waals surface area contributed by atoms with Gasteiger partial charge >= 0.3 is 0 Å². The average molecular weight is 247 g/mol. The third-order valence-corrected chi connectivity index (χ3v) is 3.75. The molecular formula is C15H25N3. The van der Waals surface area contributed by atoms with E-state index in [1.54, 1.807) is 5.57 Å². The Morgan fingerprint density at radius 1 is 1.44 bits per heavy atom. The maximum Gasteiger partial charge on any atom is 0.0638 e. The second-order valence-electron chi connectivity index (χ2n) is 5.84. The molecule has 0 bridgehead atoms. The molecule has 1 aliphatic carbocycles. The molecule has 0 spiro atoms. The van der Waals surface area contributed by atoms with Crippen LogP contribution in [-0.4, -0.2) is 16.3 Å². The van der Waals surface area contributed by atoms with Gasteiger partial charge in [-0.15, -0.1) is 0 Å². The van der Waals surface area contributed by atoms with Crippen LogP contribution in [0.25, 0.3) is 0 Å². The number of allylic oxidation sites excluding steroid dienone is 2. The molecule has 1 aromatic rings. The van der Waals surface area contributed by atoms with Gasteiger partial charge in [-0.1, -0.05) is 18.6 Å². The van der Waals surface area contributed by atoms with Crippen LogP contribution >= 0.6 is 0 Å². The molecule has 0 radical (unpaired) electrons. The first-order valence-corrected chi connectivity index (χ1v) is 6.91. The van der Waals surface area contributed by atoms with Crippen LogP contribution in [-0.2, 0) is 13.6 Å². The van der Waals surface area contributed by atoms with E-state index in [0.717, 1.165) is 30.6 Å². The van der Waals surface area contributed by atoms with Crippen LogP contribution in [0.4, 0.5) is 0 Å². The lowest BCUT2D eigenvalue weighted by atomic mass is 9.84. The standard InChI is InChI=1S/C15H25N3/c1-11-5-12(2)7-14(6-11)8-16-9-15-10-18(4)17-13(15)3/h5,10-11,14,16H,6-9H2,1-4H3. The molecule has 0 fully saturated rings. The number of hydrogen-bond donors (Lipinski definition) is 1. The number of aryl methyl sites for hydroxylation is 2. The smallest absolute Gasteiger partial charge is 0.0638 e. The van der Waals surface area contributed by atoms with Crippen molar-refractivity contribution in [1.29, 1.82) is 0 Å². The molecule has 3 heteroatoms. The molecule has 2 unspecified atom stereocenters. The lowest BCUT2D eigenvalue weighted by Crippen LogP contribution is -2.26. The van der Waals surface area contributed by atoms with Crippen molar-refractivity contribution in [2.24, 2.45) is 18.9 Å². The Hall–Kier alpha value is -1.09. The van der Waals surface area contributed by atoms with Crippen LogP contribution in [0.2, 0.25) is 0 Å². The van der Waals surface area contributed by atoms with Crippen LogP contribution in [0.1, 0.15) is 37.9 Å². The molecule has 0 saturated heterocycles. The van der Waals surface area contributed by atoms with E-state index >= 15 is 0 Å². The largest absolute Gasteiger partial charge is 0.312 e. The zero-order chi connectivity index (χ0) is 13.1. The van der Waals surface area contributed by atoms with Crippen molar-refractivity contribution in [2.45, 2.75) is 40.2 Å². The lowest BCUT2D eigenvalue weighted by molar-refractivity contribution is 0.381. The quantitative estimate of drug-likeness (QED) is 0.829. The molecule has 2 atom stereocenters. The summed E-state index contributed by atoms with van der Waals surface area (Å²) in [7, 11) is 1.98. The van der Waals surface area contributed by atoms with Crippen LogP contribution in [0.15, 0.2) is 17.8 Å². The highest BCUT2D eigenvalue weighted by atomic mass is 15.2. The Kier molecular flexibility index (Phi) is 4.23. The summed E-state index contributed by atoms with van der Waals surface area (Å²) in [5.41, 5.74) is 4.00. The number of nitrogens with zero attached hydrogens (tertiary/aromatic N) is 2. The first-order valence-electron chi connectivity index (χ1n) is 6.91. The third kappa shape index (κ3) is 3.45. The zero-order valence-corrected chi connectivity index (χ0v) is 12.0. The van der Waals surface area contributed by atoms with E-state index < -0.39 is 0 Å². The third-order valence-electron chi connectivity index (χ3n) is 3.75. The van der Waals surface area contributed by atoms with Gasteiger partial charge in [0, 0.05) is 25.4 Å². The molecule has 18 heavy (non-hydrogen) atoms. The van der Waals surface area contributed by atoms with Gasteiger partial charge in [-0.05, 0) is 45.1 Å². The molecule has 1 heterocycles. The van der Waals surface area contributed by atoms with Crippen LogP contribution < -0.4 is 5.32 Å². The van der Waals surface area contributed by atoms with E-state index in [-0.39, 0.29) is 0 Å². The first-order chi connectivity index (χ1) is 8.54. The van der Waals surface area contributed by atoms with E-state index in [9.17, 15) is 0 Å². The average Bonchev–Trinajstić information content (AvgIpc) is 2.56. The number of nitrogens with one attached hydrogen (secondary N) is 1. The summed E-state index contributed by atoms with van der Waals surface area (Å²) in [5, 5.41) is 7.95. The molecule has 1 N–H and O–H groups in total. The Labute approximate surface area is 110 Å². The molecule has 1 aliphatic rings.